The normalized spacial score (nSPS) is 10.7. The number of rotatable bonds is 1. The maximum atomic E-state index is 10.4. The van der Waals surface area contributed by atoms with Gasteiger partial charge in [0, 0.05) is 0 Å². The first-order chi connectivity index (χ1) is 5.39. The second-order valence-electron chi connectivity index (χ2n) is 1.63. The molecule has 0 fully saturated rings. The van der Waals surface area contributed by atoms with Crippen molar-refractivity contribution in [2.24, 2.45) is 0 Å². The molecular formula is C3H2Cl2N3NaO3S. The third-order valence-corrected chi connectivity index (χ3v) is 1.77. The van der Waals surface area contributed by atoms with Crippen LogP contribution in [-0.4, -0.2) is 57.5 Å². The van der Waals surface area contributed by atoms with Gasteiger partial charge in [0.05, 0.1) is 0 Å². The van der Waals surface area contributed by atoms with Crippen LogP contribution in [0.4, 0.5) is 0 Å². The third kappa shape index (κ3) is 4.03. The predicted octanol–water partition coefficient (Wildman–Crippen LogP) is -0.223. The fourth-order valence-electron chi connectivity index (χ4n) is 0.424. The molecule has 1 rings (SSSR count). The zero-order chi connectivity index (χ0) is 9.35. The van der Waals surface area contributed by atoms with Crippen LogP contribution in [0, 0.1) is 0 Å². The molecule has 13 heavy (non-hydrogen) atoms. The summed E-state index contributed by atoms with van der Waals surface area (Å²) in [7, 11) is -4.48. The van der Waals surface area contributed by atoms with E-state index in [1.807, 2.05) is 0 Å². The Bertz CT molecular complexity index is 390. The second kappa shape index (κ2) is 4.83. The molecule has 0 radical (unpaired) electrons. The monoisotopic (exact) mass is 253 g/mol. The summed E-state index contributed by atoms with van der Waals surface area (Å²) in [6.45, 7) is 0. The molecule has 0 spiro atoms. The molecular weight excluding hydrogens is 252 g/mol. The van der Waals surface area contributed by atoms with Gasteiger partial charge in [0.1, 0.15) is 0 Å². The zero-order valence-electron chi connectivity index (χ0n) is 5.27. The van der Waals surface area contributed by atoms with E-state index in [4.69, 9.17) is 27.8 Å². The minimum absolute atomic E-state index is 0. The van der Waals surface area contributed by atoms with Crippen LogP contribution in [0.3, 0.4) is 0 Å². The number of nitrogens with zero attached hydrogens (tertiary/aromatic N) is 3. The molecule has 68 valence electrons. The summed E-state index contributed by atoms with van der Waals surface area (Å²) in [4.78, 5) is 9.53. The first-order valence-electron chi connectivity index (χ1n) is 2.44. The van der Waals surface area contributed by atoms with Gasteiger partial charge in [-0.15, -0.1) is 0 Å². The fourth-order valence-corrected chi connectivity index (χ4v) is 1.29. The van der Waals surface area contributed by atoms with Crippen molar-refractivity contribution >= 4 is 62.9 Å². The predicted molar refractivity (Wildman–Crippen MR) is 46.8 cm³/mol. The summed E-state index contributed by atoms with van der Waals surface area (Å²) in [5.74, 6) is 0. The van der Waals surface area contributed by atoms with Gasteiger partial charge in [0.25, 0.3) is 5.16 Å². The Labute approximate surface area is 106 Å². The van der Waals surface area contributed by atoms with Crippen LogP contribution in [0.5, 0.6) is 0 Å². The van der Waals surface area contributed by atoms with Gasteiger partial charge in [-0.1, -0.05) is 0 Å². The summed E-state index contributed by atoms with van der Waals surface area (Å²) >= 11 is 10.5. The molecule has 0 aliphatic rings. The molecule has 0 unspecified atom stereocenters. The van der Waals surface area contributed by atoms with Crippen LogP contribution >= 0.6 is 23.2 Å². The first kappa shape index (κ1) is 13.5. The van der Waals surface area contributed by atoms with Crippen LogP contribution in [0.25, 0.3) is 0 Å². The molecule has 1 aromatic rings. The van der Waals surface area contributed by atoms with Crippen LogP contribution in [0.15, 0.2) is 5.16 Å². The van der Waals surface area contributed by atoms with Gasteiger partial charge in [-0.25, -0.2) is 0 Å². The number of hydrogen-bond acceptors (Lipinski definition) is 5. The standard InChI is InChI=1S/C3HCl2N3O3S.Na.H/c4-1-6-2(5)8-3(7-1)12(9,10)11;;/h(H,9,10,11);;. The summed E-state index contributed by atoms with van der Waals surface area (Å²) < 4.78 is 29.3. The Balaban J connectivity index is 0.00000144. The summed E-state index contributed by atoms with van der Waals surface area (Å²) in [6.07, 6.45) is 0. The number of aromatic nitrogens is 3. The Morgan fingerprint density at radius 3 is 1.77 bits per heavy atom. The minimum atomic E-state index is -4.48. The molecule has 1 N–H and O–H groups in total. The van der Waals surface area contributed by atoms with Crippen molar-refractivity contribution in [3.63, 3.8) is 0 Å². The Morgan fingerprint density at radius 2 is 1.46 bits per heavy atom. The van der Waals surface area contributed by atoms with E-state index in [0.717, 1.165) is 0 Å². The quantitative estimate of drug-likeness (QED) is 0.550. The molecule has 0 aromatic carbocycles. The fraction of sp³-hybridized carbons (Fsp3) is 0. The molecule has 0 amide bonds. The van der Waals surface area contributed by atoms with E-state index in [-0.39, 0.29) is 29.6 Å². The van der Waals surface area contributed by atoms with E-state index >= 15 is 0 Å². The van der Waals surface area contributed by atoms with Gasteiger partial charge in [-0.3, -0.25) is 4.55 Å². The van der Waals surface area contributed by atoms with Gasteiger partial charge in [0.2, 0.25) is 10.6 Å². The Morgan fingerprint density at radius 1 is 1.08 bits per heavy atom. The van der Waals surface area contributed by atoms with Crippen LogP contribution in [-0.2, 0) is 10.1 Å². The molecule has 0 saturated heterocycles. The molecule has 6 nitrogen and oxygen atoms in total. The molecule has 0 bridgehead atoms. The van der Waals surface area contributed by atoms with Crippen molar-refractivity contribution in [2.75, 3.05) is 0 Å². The average Bonchev–Trinajstić information content (AvgIpc) is 1.82. The van der Waals surface area contributed by atoms with Gasteiger partial charge in [-0.05, 0) is 23.2 Å². The van der Waals surface area contributed by atoms with Crippen LogP contribution in [0.1, 0.15) is 0 Å². The molecule has 1 heterocycles. The maximum absolute atomic E-state index is 10.4. The molecule has 1 aromatic heterocycles. The second-order valence-corrected chi connectivity index (χ2v) is 3.62. The van der Waals surface area contributed by atoms with E-state index in [0.29, 0.717) is 0 Å². The van der Waals surface area contributed by atoms with Crippen molar-refractivity contribution < 1.29 is 13.0 Å². The van der Waals surface area contributed by atoms with E-state index in [1.54, 1.807) is 0 Å². The van der Waals surface area contributed by atoms with E-state index in [1.165, 1.54) is 0 Å². The average molecular weight is 254 g/mol. The molecule has 0 atom stereocenters. The third-order valence-electron chi connectivity index (χ3n) is 0.791. The van der Waals surface area contributed by atoms with Crippen molar-refractivity contribution in [1.82, 2.24) is 15.0 Å². The van der Waals surface area contributed by atoms with Crippen LogP contribution < -0.4 is 0 Å². The van der Waals surface area contributed by atoms with E-state index in [9.17, 15) is 8.42 Å². The first-order valence-corrected chi connectivity index (χ1v) is 4.64. The Kier molecular flexibility index (Phi) is 5.02. The zero-order valence-corrected chi connectivity index (χ0v) is 7.60. The summed E-state index contributed by atoms with van der Waals surface area (Å²) in [5, 5.41) is -1.67. The molecule has 10 heteroatoms. The van der Waals surface area contributed by atoms with Gasteiger partial charge in [0.15, 0.2) is 0 Å². The van der Waals surface area contributed by atoms with Crippen molar-refractivity contribution in [2.45, 2.75) is 5.16 Å². The van der Waals surface area contributed by atoms with Crippen molar-refractivity contribution in [3.05, 3.63) is 10.6 Å². The summed E-state index contributed by atoms with van der Waals surface area (Å²) in [5.41, 5.74) is 0. The SMILES string of the molecule is O=S(=O)(O)c1nc(Cl)nc(Cl)n1.[NaH]. The van der Waals surface area contributed by atoms with Crippen molar-refractivity contribution in [1.29, 1.82) is 0 Å². The molecule has 0 aliphatic carbocycles. The van der Waals surface area contributed by atoms with Gasteiger partial charge in [-0.2, -0.15) is 23.4 Å². The van der Waals surface area contributed by atoms with E-state index in [2.05, 4.69) is 15.0 Å². The van der Waals surface area contributed by atoms with Crippen LogP contribution in [0.2, 0.25) is 10.6 Å². The van der Waals surface area contributed by atoms with Gasteiger partial charge >= 0.3 is 39.7 Å². The summed E-state index contributed by atoms with van der Waals surface area (Å²) in [6, 6.07) is 0. The Hall–Kier alpha value is 0.500. The number of halogens is 2. The molecule has 0 aliphatic heterocycles. The molecule has 0 saturated carbocycles. The van der Waals surface area contributed by atoms with Crippen molar-refractivity contribution in [3.8, 4) is 0 Å². The van der Waals surface area contributed by atoms with Gasteiger partial charge < -0.3 is 0 Å². The number of hydrogen-bond donors (Lipinski definition) is 1. The van der Waals surface area contributed by atoms with E-state index < -0.39 is 25.8 Å². The topological polar surface area (TPSA) is 93.0 Å².